The molecule has 0 heterocycles. The van der Waals surface area contributed by atoms with Gasteiger partial charge in [-0.3, -0.25) is 14.9 Å². The Morgan fingerprint density at radius 1 is 1.12 bits per heavy atom. The molecule has 0 aliphatic rings. The molecule has 0 saturated carbocycles. The number of nitrogens with zero attached hydrogens (tertiary/aromatic N) is 1. The molecule has 0 bridgehead atoms. The van der Waals surface area contributed by atoms with Crippen LogP contribution in [0.3, 0.4) is 0 Å². The zero-order valence-electron chi connectivity index (χ0n) is 14.1. The molecule has 2 aromatic carbocycles. The molecule has 0 spiro atoms. The number of amides is 1. The average molecular weight is 344 g/mol. The Morgan fingerprint density at radius 2 is 1.75 bits per heavy atom. The van der Waals surface area contributed by atoms with Crippen LogP contribution in [0, 0.1) is 17.0 Å². The summed E-state index contributed by atoms with van der Waals surface area (Å²) in [5, 5.41) is 13.3. The minimum Gasteiger partial charge on any atom is -0.316 e. The van der Waals surface area contributed by atoms with Crippen LogP contribution in [0.1, 0.15) is 31.9 Å². The summed E-state index contributed by atoms with van der Waals surface area (Å²) in [4.78, 5) is 23.4. The molecule has 0 unspecified atom stereocenters. The van der Waals surface area contributed by atoms with Gasteiger partial charge in [-0.25, -0.2) is 0 Å². The molecule has 0 aromatic heterocycles. The molecule has 126 valence electrons. The Kier molecular flexibility index (Phi) is 5.29. The van der Waals surface area contributed by atoms with Crippen LogP contribution in [0.15, 0.2) is 47.4 Å². The fraction of sp³-hybridized carbons (Fsp3) is 0.278. The van der Waals surface area contributed by atoms with E-state index in [2.05, 4.69) is 26.1 Å². The van der Waals surface area contributed by atoms with Crippen LogP contribution < -0.4 is 5.32 Å². The Balaban J connectivity index is 2.08. The van der Waals surface area contributed by atoms with Gasteiger partial charge in [0.2, 0.25) is 0 Å². The zero-order valence-corrected chi connectivity index (χ0v) is 14.9. The summed E-state index contributed by atoms with van der Waals surface area (Å²) < 4.78 is 0. The van der Waals surface area contributed by atoms with E-state index in [9.17, 15) is 14.9 Å². The van der Waals surface area contributed by atoms with E-state index in [0.717, 1.165) is 22.2 Å². The number of rotatable bonds is 3. The van der Waals surface area contributed by atoms with E-state index in [4.69, 9.17) is 0 Å². The highest BCUT2D eigenvalue weighted by Crippen LogP contribution is 2.28. The summed E-state index contributed by atoms with van der Waals surface area (Å²) in [7, 11) is 0. The number of benzene rings is 2. The lowest BCUT2D eigenvalue weighted by Gasteiger charge is -2.19. The molecule has 24 heavy (non-hydrogen) atoms. The van der Waals surface area contributed by atoms with Crippen molar-refractivity contribution in [2.45, 2.75) is 38.0 Å². The third-order valence-electron chi connectivity index (χ3n) is 3.60. The first-order valence-electron chi connectivity index (χ1n) is 7.51. The number of hydrogen-bond acceptors (Lipinski definition) is 4. The van der Waals surface area contributed by atoms with Crippen molar-refractivity contribution in [1.29, 1.82) is 0 Å². The van der Waals surface area contributed by atoms with Crippen molar-refractivity contribution >= 4 is 28.4 Å². The fourth-order valence-electron chi connectivity index (χ4n) is 2.12. The van der Waals surface area contributed by atoms with Gasteiger partial charge in [-0.05, 0) is 47.4 Å². The second kappa shape index (κ2) is 7.05. The van der Waals surface area contributed by atoms with E-state index >= 15 is 0 Å². The van der Waals surface area contributed by atoms with E-state index < -0.39 is 4.92 Å². The van der Waals surface area contributed by atoms with E-state index in [-0.39, 0.29) is 16.3 Å². The van der Waals surface area contributed by atoms with Crippen molar-refractivity contribution in [1.82, 2.24) is 0 Å². The molecule has 1 N–H and O–H groups in total. The number of non-ortho nitro benzene ring substituents is 1. The van der Waals surface area contributed by atoms with Gasteiger partial charge in [-0.15, -0.1) is 0 Å². The number of nitrogens with one attached hydrogen (secondary N) is 1. The Bertz CT molecular complexity index is 765. The highest BCUT2D eigenvalue weighted by atomic mass is 32.2. The molecule has 0 radical (unpaired) electrons. The Labute approximate surface area is 145 Å². The number of carbonyl (C=O) groups excluding carboxylic acids is 1. The SMILES string of the molecule is Cc1ccc([N+](=O)[O-])cc1NC(=O)Sc1ccc(C(C)(C)C)cc1. The van der Waals surface area contributed by atoms with Crippen LogP contribution in [0.4, 0.5) is 16.2 Å². The fourth-order valence-corrected chi connectivity index (χ4v) is 2.77. The number of aryl methyl sites for hydroxylation is 1. The predicted octanol–water partition coefficient (Wildman–Crippen LogP) is 5.52. The van der Waals surface area contributed by atoms with Gasteiger partial charge in [-0.2, -0.15) is 0 Å². The van der Waals surface area contributed by atoms with Crippen molar-refractivity contribution in [2.24, 2.45) is 0 Å². The van der Waals surface area contributed by atoms with Crippen LogP contribution in [-0.4, -0.2) is 10.2 Å². The van der Waals surface area contributed by atoms with Gasteiger partial charge >= 0.3 is 0 Å². The van der Waals surface area contributed by atoms with Crippen LogP contribution in [0.2, 0.25) is 0 Å². The zero-order chi connectivity index (χ0) is 17.9. The maximum atomic E-state index is 12.2. The van der Waals surface area contributed by atoms with Crippen molar-refractivity contribution < 1.29 is 9.72 Å². The average Bonchev–Trinajstić information content (AvgIpc) is 2.48. The van der Waals surface area contributed by atoms with Crippen molar-refractivity contribution in [3.8, 4) is 0 Å². The monoisotopic (exact) mass is 344 g/mol. The van der Waals surface area contributed by atoms with E-state index in [1.807, 2.05) is 24.3 Å². The molecule has 0 aliphatic heterocycles. The van der Waals surface area contributed by atoms with E-state index in [0.29, 0.717) is 5.69 Å². The second-order valence-electron chi connectivity index (χ2n) is 6.55. The second-order valence-corrected chi connectivity index (χ2v) is 7.59. The van der Waals surface area contributed by atoms with E-state index in [1.54, 1.807) is 13.0 Å². The summed E-state index contributed by atoms with van der Waals surface area (Å²) in [6, 6.07) is 12.2. The van der Waals surface area contributed by atoms with Gasteiger partial charge in [0.25, 0.3) is 10.9 Å². The minimum absolute atomic E-state index is 0.0459. The van der Waals surface area contributed by atoms with Crippen molar-refractivity contribution in [3.05, 3.63) is 63.7 Å². The van der Waals surface area contributed by atoms with Gasteiger partial charge in [-0.1, -0.05) is 39.0 Å². The molecule has 6 heteroatoms. The first-order chi connectivity index (χ1) is 11.2. The molecule has 0 fully saturated rings. The molecule has 1 amide bonds. The third-order valence-corrected chi connectivity index (χ3v) is 4.39. The summed E-state index contributed by atoms with van der Waals surface area (Å²) in [6.45, 7) is 8.19. The summed E-state index contributed by atoms with van der Waals surface area (Å²) >= 11 is 1.06. The smallest absolute Gasteiger partial charge is 0.288 e. The summed E-state index contributed by atoms with van der Waals surface area (Å²) in [5.41, 5.74) is 2.44. The first-order valence-corrected chi connectivity index (χ1v) is 8.33. The number of carbonyl (C=O) groups is 1. The lowest BCUT2D eigenvalue weighted by Crippen LogP contribution is -2.10. The summed E-state index contributed by atoms with van der Waals surface area (Å²) in [5.74, 6) is 0. The van der Waals surface area contributed by atoms with Gasteiger partial charge in [0.1, 0.15) is 0 Å². The molecule has 2 rings (SSSR count). The highest BCUT2D eigenvalue weighted by molar-refractivity contribution is 8.13. The number of nitro benzene ring substituents is 1. The summed E-state index contributed by atoms with van der Waals surface area (Å²) in [6.07, 6.45) is 0. The molecule has 2 aromatic rings. The van der Waals surface area contributed by atoms with Crippen LogP contribution in [0.25, 0.3) is 0 Å². The van der Waals surface area contributed by atoms with Gasteiger partial charge in [0, 0.05) is 17.0 Å². The molecule has 5 nitrogen and oxygen atoms in total. The number of hydrogen-bond donors (Lipinski definition) is 1. The highest BCUT2D eigenvalue weighted by Gasteiger charge is 2.15. The van der Waals surface area contributed by atoms with Crippen LogP contribution in [0.5, 0.6) is 0 Å². The first kappa shape index (κ1) is 18.0. The normalized spacial score (nSPS) is 11.2. The molecular formula is C18H20N2O3S. The minimum atomic E-state index is -0.479. The van der Waals surface area contributed by atoms with Gasteiger partial charge in [0.05, 0.1) is 10.6 Å². The number of anilines is 1. The quantitative estimate of drug-likeness (QED) is 0.452. The maximum Gasteiger partial charge on any atom is 0.288 e. The molecule has 0 atom stereocenters. The van der Waals surface area contributed by atoms with Gasteiger partial charge in [0.15, 0.2) is 0 Å². The predicted molar refractivity (Wildman–Crippen MR) is 97.9 cm³/mol. The maximum absolute atomic E-state index is 12.2. The lowest BCUT2D eigenvalue weighted by atomic mass is 9.87. The van der Waals surface area contributed by atoms with Crippen LogP contribution in [-0.2, 0) is 5.41 Å². The molecule has 0 saturated heterocycles. The van der Waals surface area contributed by atoms with Crippen molar-refractivity contribution in [3.63, 3.8) is 0 Å². The lowest BCUT2D eigenvalue weighted by molar-refractivity contribution is -0.384. The topological polar surface area (TPSA) is 72.2 Å². The molecule has 0 aliphatic carbocycles. The Morgan fingerprint density at radius 3 is 2.29 bits per heavy atom. The third kappa shape index (κ3) is 4.58. The largest absolute Gasteiger partial charge is 0.316 e. The Hall–Kier alpha value is -2.34. The standard InChI is InChI=1S/C18H20N2O3S/c1-12-5-8-14(20(22)23)11-16(12)19-17(21)24-15-9-6-13(7-10-15)18(2,3)4/h5-11H,1-4H3,(H,19,21). The number of nitro groups is 1. The van der Waals surface area contributed by atoms with Crippen LogP contribution >= 0.6 is 11.8 Å². The number of thioether (sulfide) groups is 1. The van der Waals surface area contributed by atoms with Gasteiger partial charge < -0.3 is 5.32 Å². The van der Waals surface area contributed by atoms with E-state index in [1.165, 1.54) is 17.7 Å². The van der Waals surface area contributed by atoms with Crippen molar-refractivity contribution in [2.75, 3.05) is 5.32 Å². The molecular weight excluding hydrogens is 324 g/mol.